The minimum Gasteiger partial charge on any atom is -0.324 e. The summed E-state index contributed by atoms with van der Waals surface area (Å²) in [5, 5.41) is 0. The Kier molecular flexibility index (Phi) is 3.91. The molecule has 2 atom stereocenters. The van der Waals surface area contributed by atoms with Crippen LogP contribution in [0.3, 0.4) is 0 Å². The van der Waals surface area contributed by atoms with E-state index in [0.717, 1.165) is 7.11 Å². The molecule has 0 fully saturated rings. The van der Waals surface area contributed by atoms with E-state index in [9.17, 15) is 9.13 Å². The number of phosphoric acid groups is 1. The molecule has 2 N–H and O–H groups in total. The summed E-state index contributed by atoms with van der Waals surface area (Å²) in [7, 11) is -7.36. The second-order valence-corrected chi connectivity index (χ2v) is 5.55. The molecule has 0 spiro atoms. The van der Waals surface area contributed by atoms with E-state index in [2.05, 4.69) is 8.83 Å². The molecule has 68 valence electrons. The highest BCUT2D eigenvalue weighted by Crippen LogP contribution is 2.58. The maximum absolute atomic E-state index is 10.7. The van der Waals surface area contributed by atoms with Crippen LogP contribution in [-0.2, 0) is 18.0 Å². The quantitative estimate of drug-likeness (QED) is 0.662. The maximum atomic E-state index is 10.7. The largest absolute Gasteiger partial charge is 0.479 e. The molecule has 0 heterocycles. The molecule has 0 radical (unpaired) electrons. The van der Waals surface area contributed by atoms with E-state index in [-0.39, 0.29) is 6.16 Å². The van der Waals surface area contributed by atoms with E-state index < -0.39 is 15.4 Å². The van der Waals surface area contributed by atoms with Gasteiger partial charge in [0.1, 0.15) is 0 Å². The standard InChI is InChI=1S/C3H10O6P2/c1-3-10(4,5)9-11(6,7)8-2/h3H2,1-2H3,(H,4,5)(H,6,7). The summed E-state index contributed by atoms with van der Waals surface area (Å²) in [6.07, 6.45) is -0.235. The zero-order valence-corrected chi connectivity index (χ0v) is 7.92. The van der Waals surface area contributed by atoms with Crippen molar-refractivity contribution in [1.29, 1.82) is 0 Å². The summed E-state index contributed by atoms with van der Waals surface area (Å²) in [6, 6.07) is 0. The van der Waals surface area contributed by atoms with Gasteiger partial charge in [0.05, 0.1) is 0 Å². The fraction of sp³-hybridized carbons (Fsp3) is 1.00. The zero-order valence-electron chi connectivity index (χ0n) is 6.13. The van der Waals surface area contributed by atoms with Crippen LogP contribution >= 0.6 is 15.4 Å². The Labute approximate surface area is 64.3 Å². The Morgan fingerprint density at radius 1 is 1.36 bits per heavy atom. The number of hydrogen-bond acceptors (Lipinski definition) is 4. The van der Waals surface area contributed by atoms with Crippen molar-refractivity contribution in [2.24, 2.45) is 0 Å². The van der Waals surface area contributed by atoms with Crippen LogP contribution < -0.4 is 0 Å². The normalized spacial score (nSPS) is 22.2. The first-order valence-corrected chi connectivity index (χ1v) is 6.00. The third-order valence-electron chi connectivity index (χ3n) is 0.861. The number of rotatable bonds is 4. The summed E-state index contributed by atoms with van der Waals surface area (Å²) in [6.45, 7) is 1.36. The molecule has 8 heteroatoms. The van der Waals surface area contributed by atoms with Crippen LogP contribution in [0, 0.1) is 0 Å². The van der Waals surface area contributed by atoms with Gasteiger partial charge < -0.3 is 9.79 Å². The molecular weight excluding hydrogens is 194 g/mol. The van der Waals surface area contributed by atoms with Crippen LogP contribution in [0.5, 0.6) is 0 Å². The van der Waals surface area contributed by atoms with Crippen molar-refractivity contribution in [3.05, 3.63) is 0 Å². The van der Waals surface area contributed by atoms with Crippen molar-refractivity contribution in [3.63, 3.8) is 0 Å². The van der Waals surface area contributed by atoms with E-state index in [1.54, 1.807) is 0 Å². The third-order valence-corrected chi connectivity index (χ3v) is 3.97. The topological polar surface area (TPSA) is 93.1 Å². The van der Waals surface area contributed by atoms with Crippen molar-refractivity contribution in [2.75, 3.05) is 13.3 Å². The lowest BCUT2D eigenvalue weighted by Gasteiger charge is -2.12. The van der Waals surface area contributed by atoms with Crippen LogP contribution in [-0.4, -0.2) is 23.1 Å². The summed E-state index contributed by atoms with van der Waals surface area (Å²) in [5.74, 6) is 0. The first-order chi connectivity index (χ1) is 4.83. The molecule has 0 saturated carbocycles. The Bertz CT molecular complexity index is 190. The predicted octanol–water partition coefficient (Wildman–Crippen LogP) is 0.955. The van der Waals surface area contributed by atoms with Crippen LogP contribution in [0.2, 0.25) is 0 Å². The van der Waals surface area contributed by atoms with Crippen LogP contribution in [0.4, 0.5) is 0 Å². The highest BCUT2D eigenvalue weighted by Gasteiger charge is 2.30. The molecule has 0 aromatic carbocycles. The number of hydrogen-bond donors (Lipinski definition) is 2. The van der Waals surface area contributed by atoms with Crippen LogP contribution in [0.15, 0.2) is 0 Å². The second-order valence-electron chi connectivity index (χ2n) is 1.69. The van der Waals surface area contributed by atoms with Gasteiger partial charge in [0.15, 0.2) is 0 Å². The molecule has 0 aliphatic rings. The molecule has 0 aromatic heterocycles. The van der Waals surface area contributed by atoms with Gasteiger partial charge in [-0.25, -0.2) is 8.88 Å². The lowest BCUT2D eigenvalue weighted by Crippen LogP contribution is -1.91. The van der Waals surface area contributed by atoms with Gasteiger partial charge in [-0.05, 0) is 0 Å². The lowest BCUT2D eigenvalue weighted by atomic mass is 11.0. The summed E-state index contributed by atoms with van der Waals surface area (Å²) in [4.78, 5) is 17.3. The van der Waals surface area contributed by atoms with Gasteiger partial charge >= 0.3 is 15.4 Å². The van der Waals surface area contributed by atoms with Gasteiger partial charge in [0, 0.05) is 13.3 Å². The molecule has 2 unspecified atom stereocenters. The average Bonchev–Trinajstić information content (AvgIpc) is 1.86. The first-order valence-electron chi connectivity index (χ1n) is 2.74. The second kappa shape index (κ2) is 3.81. The first kappa shape index (κ1) is 11.3. The fourth-order valence-electron chi connectivity index (χ4n) is 0.252. The molecule has 0 aliphatic heterocycles. The predicted molar refractivity (Wildman–Crippen MR) is 38.3 cm³/mol. The number of phosphoric ester groups is 1. The summed E-state index contributed by atoms with van der Waals surface area (Å²) >= 11 is 0. The maximum Gasteiger partial charge on any atom is 0.479 e. The molecule has 0 aromatic rings. The Morgan fingerprint density at radius 2 is 1.82 bits per heavy atom. The van der Waals surface area contributed by atoms with Gasteiger partial charge in [-0.1, -0.05) is 6.92 Å². The Hall–Kier alpha value is 0.300. The van der Waals surface area contributed by atoms with Gasteiger partial charge in [-0.3, -0.25) is 9.09 Å². The summed E-state index contributed by atoms with van der Waals surface area (Å²) < 4.78 is 29.1. The van der Waals surface area contributed by atoms with Crippen LogP contribution in [0.25, 0.3) is 0 Å². The molecular formula is C3H10O6P2. The molecule has 11 heavy (non-hydrogen) atoms. The van der Waals surface area contributed by atoms with Crippen molar-refractivity contribution in [3.8, 4) is 0 Å². The van der Waals surface area contributed by atoms with Gasteiger partial charge in [0.2, 0.25) is 0 Å². The molecule has 6 nitrogen and oxygen atoms in total. The van der Waals surface area contributed by atoms with E-state index >= 15 is 0 Å². The van der Waals surface area contributed by atoms with Gasteiger partial charge in [0.25, 0.3) is 0 Å². The minimum atomic E-state index is -4.32. The molecule has 0 bridgehead atoms. The monoisotopic (exact) mass is 204 g/mol. The Morgan fingerprint density at radius 3 is 2.09 bits per heavy atom. The molecule has 0 rings (SSSR count). The molecule has 0 amide bonds. The lowest BCUT2D eigenvalue weighted by molar-refractivity contribution is 0.230. The third kappa shape index (κ3) is 4.69. The van der Waals surface area contributed by atoms with E-state index in [4.69, 9.17) is 9.79 Å². The smallest absolute Gasteiger partial charge is 0.324 e. The van der Waals surface area contributed by atoms with E-state index in [1.807, 2.05) is 0 Å². The van der Waals surface area contributed by atoms with Crippen molar-refractivity contribution in [2.45, 2.75) is 6.92 Å². The SMILES string of the molecule is CCP(=O)(O)OP(=O)(O)OC. The van der Waals surface area contributed by atoms with Crippen molar-refractivity contribution < 1.29 is 27.8 Å². The van der Waals surface area contributed by atoms with Crippen molar-refractivity contribution in [1.82, 2.24) is 0 Å². The highest BCUT2D eigenvalue weighted by atomic mass is 31.3. The fourth-order valence-corrected chi connectivity index (χ4v) is 2.27. The van der Waals surface area contributed by atoms with E-state index in [1.165, 1.54) is 6.92 Å². The van der Waals surface area contributed by atoms with Crippen molar-refractivity contribution >= 4 is 15.4 Å². The summed E-state index contributed by atoms with van der Waals surface area (Å²) in [5.41, 5.74) is 0. The zero-order chi connectivity index (χ0) is 9.12. The molecule has 0 saturated heterocycles. The van der Waals surface area contributed by atoms with E-state index in [0.29, 0.717) is 0 Å². The Balaban J connectivity index is 4.26. The van der Waals surface area contributed by atoms with Crippen LogP contribution in [0.1, 0.15) is 6.92 Å². The van der Waals surface area contributed by atoms with Gasteiger partial charge in [-0.15, -0.1) is 0 Å². The molecule has 0 aliphatic carbocycles. The highest BCUT2D eigenvalue weighted by molar-refractivity contribution is 7.63. The average molecular weight is 204 g/mol. The van der Waals surface area contributed by atoms with Gasteiger partial charge in [-0.2, -0.15) is 0 Å². The minimum absolute atomic E-state index is 0.235.